The maximum absolute atomic E-state index is 9.43. The van der Waals surface area contributed by atoms with E-state index in [4.69, 9.17) is 21.1 Å². The smallest absolute Gasteiger partial charge is 0.252 e. The lowest BCUT2D eigenvalue weighted by atomic mass is 9.92. The third kappa shape index (κ3) is 5.31. The largest absolute Gasteiger partial charge is 0.475 e. The summed E-state index contributed by atoms with van der Waals surface area (Å²) in [4.78, 5) is 0. The van der Waals surface area contributed by atoms with E-state index >= 15 is 0 Å². The van der Waals surface area contributed by atoms with Crippen LogP contribution < -0.4 is 4.74 Å². The van der Waals surface area contributed by atoms with Crippen molar-refractivity contribution < 1.29 is 14.6 Å². The molecule has 1 aromatic heterocycles. The molecule has 116 valence electrons. The van der Waals surface area contributed by atoms with E-state index in [2.05, 4.69) is 25.9 Å². The van der Waals surface area contributed by atoms with Crippen LogP contribution in [0.15, 0.2) is 0 Å². The van der Waals surface area contributed by atoms with E-state index in [9.17, 15) is 5.11 Å². The second kappa shape index (κ2) is 7.86. The van der Waals surface area contributed by atoms with Gasteiger partial charge in [-0.25, -0.2) is 0 Å². The Morgan fingerprint density at radius 3 is 2.55 bits per heavy atom. The molecule has 1 rings (SSSR count). The quantitative estimate of drug-likeness (QED) is 0.750. The van der Waals surface area contributed by atoms with E-state index < -0.39 is 0 Å². The molecular weight excluding hydrogens is 280 g/mol. The van der Waals surface area contributed by atoms with E-state index in [1.54, 1.807) is 11.8 Å². The summed E-state index contributed by atoms with van der Waals surface area (Å²) in [5.41, 5.74) is 0.808. The molecule has 0 atom stereocenters. The first kappa shape index (κ1) is 17.3. The van der Waals surface area contributed by atoms with Crippen LogP contribution in [0.2, 0.25) is 5.02 Å². The van der Waals surface area contributed by atoms with Gasteiger partial charge in [0.1, 0.15) is 5.02 Å². The van der Waals surface area contributed by atoms with E-state index in [-0.39, 0.29) is 12.0 Å². The van der Waals surface area contributed by atoms with Crippen molar-refractivity contribution in [2.45, 2.75) is 46.8 Å². The summed E-state index contributed by atoms with van der Waals surface area (Å²) in [7, 11) is 1.65. The Morgan fingerprint density at radius 1 is 1.30 bits per heavy atom. The first-order valence-electron chi connectivity index (χ1n) is 6.87. The Kier molecular flexibility index (Phi) is 6.79. The second-order valence-electron chi connectivity index (χ2n) is 5.95. The third-order valence-corrected chi connectivity index (χ3v) is 3.30. The van der Waals surface area contributed by atoms with Crippen LogP contribution in [-0.2, 0) is 17.9 Å². The number of nitrogens with zero attached hydrogens (tertiary/aromatic N) is 2. The Balaban J connectivity index is 2.70. The van der Waals surface area contributed by atoms with Crippen LogP contribution in [0.1, 0.15) is 39.3 Å². The predicted molar refractivity (Wildman–Crippen MR) is 79.2 cm³/mol. The fourth-order valence-corrected chi connectivity index (χ4v) is 1.94. The van der Waals surface area contributed by atoms with E-state index in [0.29, 0.717) is 36.4 Å². The molecule has 6 heteroatoms. The first-order chi connectivity index (χ1) is 9.39. The molecule has 0 saturated carbocycles. The van der Waals surface area contributed by atoms with Crippen LogP contribution >= 0.6 is 11.6 Å². The molecule has 0 aliphatic heterocycles. The van der Waals surface area contributed by atoms with Gasteiger partial charge in [0.25, 0.3) is 5.88 Å². The molecule has 0 aromatic carbocycles. The van der Waals surface area contributed by atoms with E-state index in [1.807, 2.05) is 0 Å². The molecule has 1 aromatic rings. The number of aryl methyl sites for hydroxylation is 1. The maximum Gasteiger partial charge on any atom is 0.252 e. The number of aromatic nitrogens is 2. The Bertz CT molecular complexity index is 413. The Labute approximate surface area is 125 Å². The zero-order valence-corrected chi connectivity index (χ0v) is 13.5. The van der Waals surface area contributed by atoms with Crippen molar-refractivity contribution in [1.29, 1.82) is 0 Å². The van der Waals surface area contributed by atoms with Crippen LogP contribution in [0.25, 0.3) is 0 Å². The van der Waals surface area contributed by atoms with Gasteiger partial charge in [0.05, 0.1) is 18.9 Å². The zero-order valence-electron chi connectivity index (χ0n) is 12.8. The molecule has 20 heavy (non-hydrogen) atoms. The van der Waals surface area contributed by atoms with E-state index in [1.165, 1.54) is 0 Å². The maximum atomic E-state index is 9.43. The summed E-state index contributed by atoms with van der Waals surface area (Å²) in [6, 6.07) is 0. The number of hydrogen-bond donors (Lipinski definition) is 1. The molecule has 0 unspecified atom stereocenters. The fourth-order valence-electron chi connectivity index (χ4n) is 1.69. The van der Waals surface area contributed by atoms with Crippen molar-refractivity contribution in [3.05, 3.63) is 10.7 Å². The highest BCUT2D eigenvalue weighted by Crippen LogP contribution is 2.29. The summed E-state index contributed by atoms with van der Waals surface area (Å²) >= 11 is 6.19. The van der Waals surface area contributed by atoms with Crippen LogP contribution in [0.3, 0.4) is 0 Å². The molecule has 0 aliphatic rings. The number of aliphatic hydroxyl groups is 1. The first-order valence-corrected chi connectivity index (χ1v) is 7.24. The normalized spacial score (nSPS) is 11.9. The number of rotatable bonds is 8. The molecule has 5 nitrogen and oxygen atoms in total. The van der Waals surface area contributed by atoms with Gasteiger partial charge in [0.2, 0.25) is 0 Å². The highest BCUT2D eigenvalue weighted by molar-refractivity contribution is 6.32. The zero-order chi connectivity index (χ0) is 15.2. The highest BCUT2D eigenvalue weighted by atomic mass is 35.5. The summed E-state index contributed by atoms with van der Waals surface area (Å²) in [6.07, 6.45) is 1.72. The van der Waals surface area contributed by atoms with Gasteiger partial charge in [-0.05, 0) is 11.8 Å². The summed E-state index contributed by atoms with van der Waals surface area (Å²) in [5, 5.41) is 14.2. The average molecular weight is 305 g/mol. The molecule has 0 radical (unpaired) electrons. The molecule has 0 bridgehead atoms. The second-order valence-corrected chi connectivity index (χ2v) is 6.33. The van der Waals surface area contributed by atoms with Gasteiger partial charge < -0.3 is 14.6 Å². The minimum Gasteiger partial charge on any atom is -0.475 e. The third-order valence-electron chi connectivity index (χ3n) is 2.92. The van der Waals surface area contributed by atoms with E-state index in [0.717, 1.165) is 12.8 Å². The van der Waals surface area contributed by atoms with Crippen molar-refractivity contribution in [3.8, 4) is 5.88 Å². The fraction of sp³-hybridized carbons (Fsp3) is 0.786. The lowest BCUT2D eigenvalue weighted by Crippen LogP contribution is -2.13. The summed E-state index contributed by atoms with van der Waals surface area (Å²) in [6.45, 7) is 8.19. The molecule has 0 fully saturated rings. The molecule has 0 aliphatic carbocycles. The van der Waals surface area contributed by atoms with Crippen LogP contribution in [0, 0.1) is 5.41 Å². The molecule has 0 amide bonds. The van der Waals surface area contributed by atoms with Gasteiger partial charge in [-0.15, -0.1) is 5.10 Å². The number of halogens is 1. The monoisotopic (exact) mass is 304 g/mol. The lowest BCUT2D eigenvalue weighted by Gasteiger charge is -2.18. The highest BCUT2D eigenvalue weighted by Gasteiger charge is 2.18. The lowest BCUT2D eigenvalue weighted by molar-refractivity contribution is 0.170. The van der Waals surface area contributed by atoms with Crippen molar-refractivity contribution in [2.24, 2.45) is 5.41 Å². The minimum atomic E-state index is -0.141. The number of aliphatic hydroxyl groups excluding tert-OH is 1. The van der Waals surface area contributed by atoms with Gasteiger partial charge >= 0.3 is 0 Å². The van der Waals surface area contributed by atoms with Crippen molar-refractivity contribution in [2.75, 3.05) is 20.3 Å². The molecule has 0 saturated heterocycles. The van der Waals surface area contributed by atoms with Gasteiger partial charge in [0, 0.05) is 26.7 Å². The Morgan fingerprint density at radius 2 is 2.00 bits per heavy atom. The molecule has 0 spiro atoms. The predicted octanol–water partition coefficient (Wildman–Crippen LogP) is 2.88. The topological polar surface area (TPSA) is 56.5 Å². The Hall–Kier alpha value is -0.780. The molecule has 1 heterocycles. The van der Waals surface area contributed by atoms with Crippen molar-refractivity contribution >= 4 is 11.6 Å². The number of hydrogen-bond acceptors (Lipinski definition) is 4. The average Bonchev–Trinajstić information content (AvgIpc) is 2.67. The van der Waals surface area contributed by atoms with Gasteiger partial charge in [0.15, 0.2) is 0 Å². The SMILES string of the molecule is COCCCOc1nn(CCC(C)(C)C)c(CO)c1Cl. The van der Waals surface area contributed by atoms with Gasteiger partial charge in [-0.1, -0.05) is 32.4 Å². The van der Waals surface area contributed by atoms with Crippen LogP contribution in [0.5, 0.6) is 5.88 Å². The van der Waals surface area contributed by atoms with Crippen molar-refractivity contribution in [3.63, 3.8) is 0 Å². The minimum absolute atomic E-state index is 0.141. The van der Waals surface area contributed by atoms with Crippen LogP contribution in [-0.4, -0.2) is 35.2 Å². The molecular formula is C14H25ClN2O3. The number of ether oxygens (including phenoxy) is 2. The molecule has 1 N–H and O–H groups in total. The standard InChI is InChI=1S/C14H25ClN2O3/c1-14(2,3)6-7-17-11(10-18)12(15)13(16-17)20-9-5-8-19-4/h18H,5-10H2,1-4H3. The number of methoxy groups -OCH3 is 1. The van der Waals surface area contributed by atoms with Gasteiger partial charge in [-0.3, -0.25) is 4.68 Å². The van der Waals surface area contributed by atoms with Gasteiger partial charge in [-0.2, -0.15) is 0 Å². The van der Waals surface area contributed by atoms with Crippen LogP contribution in [0.4, 0.5) is 0 Å². The summed E-state index contributed by atoms with van der Waals surface area (Å²) < 4.78 is 12.2. The van der Waals surface area contributed by atoms with Crippen molar-refractivity contribution in [1.82, 2.24) is 9.78 Å². The summed E-state index contributed by atoms with van der Waals surface area (Å²) in [5.74, 6) is 0.390.